The molecule has 1 aliphatic heterocycles. The first-order valence-corrected chi connectivity index (χ1v) is 8.26. The van der Waals surface area contributed by atoms with Crippen LogP contribution < -0.4 is 19.7 Å². The minimum atomic E-state index is 0.401. The first kappa shape index (κ1) is 16.5. The van der Waals surface area contributed by atoms with Gasteiger partial charge in [0.2, 0.25) is 5.95 Å². The molecule has 1 saturated heterocycles. The number of hydrogen-bond donors (Lipinski definition) is 1. The van der Waals surface area contributed by atoms with E-state index in [2.05, 4.69) is 20.2 Å². The van der Waals surface area contributed by atoms with Crippen LogP contribution in [0.1, 0.15) is 18.4 Å². The van der Waals surface area contributed by atoms with Crippen LogP contribution in [0.5, 0.6) is 11.5 Å². The Morgan fingerprint density at radius 3 is 2.79 bits per heavy atom. The lowest BCUT2D eigenvalue weighted by Gasteiger charge is -2.33. The summed E-state index contributed by atoms with van der Waals surface area (Å²) in [6.07, 6.45) is 5.86. The van der Waals surface area contributed by atoms with E-state index in [1.807, 2.05) is 24.3 Å². The van der Waals surface area contributed by atoms with Gasteiger partial charge in [0, 0.05) is 43.6 Å². The van der Waals surface area contributed by atoms with Crippen LogP contribution in [0, 0.1) is 0 Å². The summed E-state index contributed by atoms with van der Waals surface area (Å²) in [5.74, 6) is 2.53. The smallest absolute Gasteiger partial charge is 0.225 e. The van der Waals surface area contributed by atoms with Crippen LogP contribution in [0.2, 0.25) is 0 Å². The van der Waals surface area contributed by atoms with Gasteiger partial charge in [0.05, 0.1) is 14.2 Å². The van der Waals surface area contributed by atoms with E-state index in [1.54, 1.807) is 26.6 Å². The maximum absolute atomic E-state index is 5.45. The molecule has 1 aromatic heterocycles. The summed E-state index contributed by atoms with van der Waals surface area (Å²) in [6, 6.07) is 8.13. The zero-order chi connectivity index (χ0) is 16.8. The Labute approximate surface area is 142 Å². The summed E-state index contributed by atoms with van der Waals surface area (Å²) < 4.78 is 10.8. The number of aromatic nitrogens is 2. The fourth-order valence-electron chi connectivity index (χ4n) is 3.05. The molecule has 1 unspecified atom stereocenters. The van der Waals surface area contributed by atoms with Crippen molar-refractivity contribution in [3.05, 3.63) is 42.2 Å². The molecule has 6 nitrogen and oxygen atoms in total. The van der Waals surface area contributed by atoms with Gasteiger partial charge in [-0.15, -0.1) is 0 Å². The van der Waals surface area contributed by atoms with Gasteiger partial charge in [0.25, 0.3) is 0 Å². The number of hydrogen-bond acceptors (Lipinski definition) is 6. The molecule has 0 spiro atoms. The summed E-state index contributed by atoms with van der Waals surface area (Å²) in [6.45, 7) is 2.66. The fourth-order valence-corrected chi connectivity index (χ4v) is 3.05. The molecule has 0 saturated carbocycles. The quantitative estimate of drug-likeness (QED) is 0.878. The molecule has 1 fully saturated rings. The second-order valence-corrected chi connectivity index (χ2v) is 5.89. The minimum Gasteiger partial charge on any atom is -0.497 e. The minimum absolute atomic E-state index is 0.401. The standard InChI is InChI=1S/C18H24N4O2/c1-23-16-6-7-17(24-2)14(11-16)12-21-15-5-3-10-22(13-15)18-19-8-4-9-20-18/h4,6-9,11,15,21H,3,5,10,12-13H2,1-2H3. The molecule has 0 aliphatic carbocycles. The van der Waals surface area contributed by atoms with Crippen LogP contribution in [0.4, 0.5) is 5.95 Å². The molecule has 1 atom stereocenters. The third-order valence-electron chi connectivity index (χ3n) is 4.33. The van der Waals surface area contributed by atoms with Gasteiger partial charge in [-0.3, -0.25) is 0 Å². The Kier molecular flexibility index (Phi) is 5.48. The molecule has 1 aromatic carbocycles. The molecule has 2 heterocycles. The van der Waals surface area contributed by atoms with E-state index < -0.39 is 0 Å². The number of piperidine rings is 1. The first-order valence-electron chi connectivity index (χ1n) is 8.26. The Morgan fingerprint density at radius 2 is 2.04 bits per heavy atom. The molecule has 1 N–H and O–H groups in total. The Balaban J connectivity index is 1.62. The van der Waals surface area contributed by atoms with Gasteiger partial charge in [-0.05, 0) is 37.1 Å². The molecule has 2 aromatic rings. The van der Waals surface area contributed by atoms with Crippen molar-refractivity contribution in [3.8, 4) is 11.5 Å². The van der Waals surface area contributed by atoms with E-state index in [4.69, 9.17) is 9.47 Å². The molecular formula is C18H24N4O2. The number of nitrogens with one attached hydrogen (secondary N) is 1. The number of ether oxygens (including phenoxy) is 2. The van der Waals surface area contributed by atoms with Gasteiger partial charge >= 0.3 is 0 Å². The van der Waals surface area contributed by atoms with Crippen LogP contribution >= 0.6 is 0 Å². The van der Waals surface area contributed by atoms with E-state index in [0.717, 1.165) is 55.5 Å². The van der Waals surface area contributed by atoms with E-state index in [0.29, 0.717) is 6.04 Å². The van der Waals surface area contributed by atoms with Crippen molar-refractivity contribution in [2.24, 2.45) is 0 Å². The Bertz CT molecular complexity index is 651. The number of methoxy groups -OCH3 is 2. The van der Waals surface area contributed by atoms with Crippen LogP contribution in [0.3, 0.4) is 0 Å². The van der Waals surface area contributed by atoms with Crippen molar-refractivity contribution in [1.29, 1.82) is 0 Å². The van der Waals surface area contributed by atoms with E-state index in [9.17, 15) is 0 Å². The first-order chi connectivity index (χ1) is 11.8. The third kappa shape index (κ3) is 3.94. The lowest BCUT2D eigenvalue weighted by Crippen LogP contribution is -2.46. The molecule has 0 bridgehead atoms. The number of nitrogens with zero attached hydrogens (tertiary/aromatic N) is 3. The topological polar surface area (TPSA) is 59.5 Å². The average Bonchev–Trinajstić information content (AvgIpc) is 2.67. The lowest BCUT2D eigenvalue weighted by molar-refractivity contribution is 0.387. The van der Waals surface area contributed by atoms with Gasteiger partial charge in [0.15, 0.2) is 0 Å². The molecule has 1 aliphatic rings. The van der Waals surface area contributed by atoms with Gasteiger partial charge in [-0.2, -0.15) is 0 Å². The molecular weight excluding hydrogens is 304 g/mol. The van der Waals surface area contributed by atoms with Gasteiger partial charge in [-0.25, -0.2) is 9.97 Å². The largest absolute Gasteiger partial charge is 0.497 e. The Hall–Kier alpha value is -2.34. The van der Waals surface area contributed by atoms with Crippen LogP contribution in [0.25, 0.3) is 0 Å². The van der Waals surface area contributed by atoms with Crippen molar-refractivity contribution in [2.45, 2.75) is 25.4 Å². The van der Waals surface area contributed by atoms with Crippen LogP contribution in [-0.4, -0.2) is 43.3 Å². The van der Waals surface area contributed by atoms with Crippen LogP contribution in [0.15, 0.2) is 36.7 Å². The van der Waals surface area contributed by atoms with E-state index in [-0.39, 0.29) is 0 Å². The molecule has 24 heavy (non-hydrogen) atoms. The van der Waals surface area contributed by atoms with Crippen molar-refractivity contribution >= 4 is 5.95 Å². The van der Waals surface area contributed by atoms with E-state index in [1.165, 1.54) is 0 Å². The summed E-state index contributed by atoms with van der Waals surface area (Å²) in [5.41, 5.74) is 1.10. The number of benzene rings is 1. The van der Waals surface area contributed by atoms with Crippen LogP contribution in [-0.2, 0) is 6.54 Å². The molecule has 0 amide bonds. The predicted octanol–water partition coefficient (Wildman–Crippen LogP) is 2.25. The highest BCUT2D eigenvalue weighted by Crippen LogP contribution is 2.24. The lowest BCUT2D eigenvalue weighted by atomic mass is 10.1. The molecule has 0 radical (unpaired) electrons. The average molecular weight is 328 g/mol. The predicted molar refractivity (Wildman–Crippen MR) is 93.7 cm³/mol. The molecule has 3 rings (SSSR count). The summed E-state index contributed by atoms with van der Waals surface area (Å²) in [4.78, 5) is 11.0. The second-order valence-electron chi connectivity index (χ2n) is 5.89. The second kappa shape index (κ2) is 7.97. The summed E-state index contributed by atoms with van der Waals surface area (Å²) in [5, 5.41) is 3.63. The van der Waals surface area contributed by atoms with Gasteiger partial charge in [-0.1, -0.05) is 0 Å². The zero-order valence-electron chi connectivity index (χ0n) is 14.2. The number of rotatable bonds is 6. The summed E-state index contributed by atoms with van der Waals surface area (Å²) >= 11 is 0. The highest BCUT2D eigenvalue weighted by atomic mass is 16.5. The number of anilines is 1. The van der Waals surface area contributed by atoms with Gasteiger partial charge < -0.3 is 19.7 Å². The molecule has 128 valence electrons. The third-order valence-corrected chi connectivity index (χ3v) is 4.33. The van der Waals surface area contributed by atoms with Crippen molar-refractivity contribution in [3.63, 3.8) is 0 Å². The monoisotopic (exact) mass is 328 g/mol. The fraction of sp³-hybridized carbons (Fsp3) is 0.444. The SMILES string of the molecule is COc1ccc(OC)c(CNC2CCCN(c3ncccn3)C2)c1. The van der Waals surface area contributed by atoms with Gasteiger partial charge in [0.1, 0.15) is 11.5 Å². The Morgan fingerprint density at radius 1 is 1.21 bits per heavy atom. The molecule has 6 heteroatoms. The highest BCUT2D eigenvalue weighted by Gasteiger charge is 2.21. The zero-order valence-corrected chi connectivity index (χ0v) is 14.2. The maximum Gasteiger partial charge on any atom is 0.225 e. The van der Waals surface area contributed by atoms with Crippen molar-refractivity contribution in [1.82, 2.24) is 15.3 Å². The normalized spacial score (nSPS) is 17.6. The van der Waals surface area contributed by atoms with Crippen molar-refractivity contribution in [2.75, 3.05) is 32.2 Å². The highest BCUT2D eigenvalue weighted by molar-refractivity contribution is 5.40. The summed E-state index contributed by atoms with van der Waals surface area (Å²) in [7, 11) is 3.37. The van der Waals surface area contributed by atoms with Crippen molar-refractivity contribution < 1.29 is 9.47 Å². The maximum atomic E-state index is 5.45. The van der Waals surface area contributed by atoms with E-state index >= 15 is 0 Å².